The van der Waals surface area contributed by atoms with E-state index in [1.807, 2.05) is 6.07 Å². The number of ether oxygens (including phenoxy) is 1. The van der Waals surface area contributed by atoms with Crippen molar-refractivity contribution in [2.45, 2.75) is 18.8 Å². The summed E-state index contributed by atoms with van der Waals surface area (Å²) in [4.78, 5) is 18.6. The van der Waals surface area contributed by atoms with Crippen LogP contribution in [-0.2, 0) is 4.79 Å². The number of likely N-dealkylation sites (tertiary alicyclic amines) is 1. The minimum absolute atomic E-state index is 0.00110. The molecule has 28 heavy (non-hydrogen) atoms. The van der Waals surface area contributed by atoms with Crippen LogP contribution in [-0.4, -0.2) is 37.6 Å². The van der Waals surface area contributed by atoms with Crippen molar-refractivity contribution in [3.8, 4) is 5.75 Å². The van der Waals surface area contributed by atoms with Crippen molar-refractivity contribution in [1.82, 2.24) is 4.98 Å². The van der Waals surface area contributed by atoms with Gasteiger partial charge in [-0.3, -0.25) is 4.79 Å². The first-order chi connectivity index (χ1) is 13.6. The molecule has 4 rings (SSSR count). The van der Waals surface area contributed by atoms with Crippen LogP contribution in [0.1, 0.15) is 23.8 Å². The molecule has 5 nitrogen and oxygen atoms in total. The third-order valence-electron chi connectivity index (χ3n) is 5.12. The van der Waals surface area contributed by atoms with Crippen LogP contribution in [0.4, 0.5) is 5.69 Å². The van der Waals surface area contributed by atoms with E-state index in [2.05, 4.69) is 23.5 Å². The molecule has 2 aromatic carbocycles. The van der Waals surface area contributed by atoms with E-state index in [9.17, 15) is 4.79 Å². The van der Waals surface area contributed by atoms with E-state index < -0.39 is 0 Å². The quantitative estimate of drug-likeness (QED) is 0.670. The Morgan fingerprint density at radius 1 is 1.36 bits per heavy atom. The highest BCUT2D eigenvalue weighted by Gasteiger charge is 2.28. The Balaban J connectivity index is 1.38. The first-order valence-electron chi connectivity index (χ1n) is 9.45. The van der Waals surface area contributed by atoms with Crippen LogP contribution in [0.3, 0.4) is 0 Å². The van der Waals surface area contributed by atoms with Crippen LogP contribution in [0, 0.1) is 0 Å². The highest BCUT2D eigenvalue weighted by Crippen LogP contribution is 2.30. The molecule has 1 aliphatic heterocycles. The summed E-state index contributed by atoms with van der Waals surface area (Å²) >= 11 is 7.92. The second kappa shape index (κ2) is 8.47. The van der Waals surface area contributed by atoms with Crippen molar-refractivity contribution in [2.24, 2.45) is 0 Å². The lowest BCUT2D eigenvalue weighted by atomic mass is 9.99. The van der Waals surface area contributed by atoms with Crippen LogP contribution in [0.2, 0.25) is 5.02 Å². The standard InChI is InChI=1S/C21H22ClN3O2S/c1-27-18-9-8-15(11-16(18)22)23-20(26)13-25-10-4-5-14(12-25)21-24-17-6-2-3-7-19(17)28-21/h2-3,6-9,11,14H,4-5,10,12-13H2,1H3,(H,23,26)/p+1/t14-/m1/s1. The molecule has 0 radical (unpaired) electrons. The smallest absolute Gasteiger partial charge is 0.279 e. The predicted molar refractivity (Wildman–Crippen MR) is 114 cm³/mol. The fourth-order valence-electron chi connectivity index (χ4n) is 3.76. The van der Waals surface area contributed by atoms with Crippen molar-refractivity contribution in [2.75, 3.05) is 32.1 Å². The number of halogens is 1. The monoisotopic (exact) mass is 416 g/mol. The Labute approximate surface area is 173 Å². The van der Waals surface area contributed by atoms with Gasteiger partial charge in [0.2, 0.25) is 0 Å². The van der Waals surface area contributed by atoms with Gasteiger partial charge < -0.3 is 15.0 Å². The second-order valence-corrected chi connectivity index (χ2v) is 8.61. The number of methoxy groups -OCH3 is 1. The number of nitrogens with one attached hydrogen (secondary N) is 2. The normalized spacial score (nSPS) is 19.5. The Kier molecular flexibility index (Phi) is 5.80. The summed E-state index contributed by atoms with van der Waals surface area (Å²) in [5.41, 5.74) is 1.76. The molecule has 1 aliphatic rings. The molecule has 2 N–H and O–H groups in total. The summed E-state index contributed by atoms with van der Waals surface area (Å²) in [7, 11) is 1.57. The second-order valence-electron chi connectivity index (χ2n) is 7.14. The van der Waals surface area contributed by atoms with Crippen molar-refractivity contribution < 1.29 is 14.4 Å². The van der Waals surface area contributed by atoms with E-state index in [1.54, 1.807) is 36.6 Å². The number of quaternary nitrogens is 1. The predicted octanol–water partition coefficient (Wildman–Crippen LogP) is 3.36. The first-order valence-corrected chi connectivity index (χ1v) is 10.6. The topological polar surface area (TPSA) is 55.7 Å². The maximum absolute atomic E-state index is 12.5. The molecule has 1 fully saturated rings. The molecule has 2 heterocycles. The molecule has 0 spiro atoms. The van der Waals surface area contributed by atoms with Crippen LogP contribution < -0.4 is 15.0 Å². The molecule has 1 saturated heterocycles. The lowest BCUT2D eigenvalue weighted by molar-refractivity contribution is -0.898. The molecule has 1 amide bonds. The molecule has 1 unspecified atom stereocenters. The fourth-order valence-corrected chi connectivity index (χ4v) is 5.12. The van der Waals surface area contributed by atoms with Gasteiger partial charge >= 0.3 is 0 Å². The third-order valence-corrected chi connectivity index (χ3v) is 6.62. The summed E-state index contributed by atoms with van der Waals surface area (Å²) in [5.74, 6) is 1.02. The number of nitrogens with zero attached hydrogens (tertiary/aromatic N) is 1. The van der Waals surface area contributed by atoms with Gasteiger partial charge in [0, 0.05) is 5.69 Å². The number of aromatic nitrogens is 1. The molecule has 0 aliphatic carbocycles. The van der Waals surface area contributed by atoms with Gasteiger partial charge in [-0.05, 0) is 43.2 Å². The van der Waals surface area contributed by atoms with E-state index in [0.717, 1.165) is 31.4 Å². The SMILES string of the molecule is COc1ccc(NC(=O)C[NH+]2CCC[C@@H](c3nc4ccccc4s3)C2)cc1Cl. The number of anilines is 1. The van der Waals surface area contributed by atoms with Gasteiger partial charge in [-0.25, -0.2) is 4.98 Å². The largest absolute Gasteiger partial charge is 0.495 e. The maximum Gasteiger partial charge on any atom is 0.279 e. The summed E-state index contributed by atoms with van der Waals surface area (Å²) in [6, 6.07) is 13.5. The Morgan fingerprint density at radius 3 is 3.00 bits per heavy atom. The minimum atomic E-state index is 0.00110. The Bertz CT molecular complexity index is 958. The maximum atomic E-state index is 12.5. The molecule has 7 heteroatoms. The summed E-state index contributed by atoms with van der Waals surface area (Å²) in [6.07, 6.45) is 2.25. The van der Waals surface area contributed by atoms with Crippen LogP contribution >= 0.6 is 22.9 Å². The number of thiazole rings is 1. The minimum Gasteiger partial charge on any atom is -0.495 e. The van der Waals surface area contributed by atoms with E-state index >= 15 is 0 Å². The number of hydrogen-bond acceptors (Lipinski definition) is 4. The average molecular weight is 417 g/mol. The molecule has 0 saturated carbocycles. The van der Waals surface area contributed by atoms with Crippen molar-refractivity contribution in [3.63, 3.8) is 0 Å². The zero-order valence-corrected chi connectivity index (χ0v) is 17.3. The Morgan fingerprint density at radius 2 is 2.21 bits per heavy atom. The number of benzene rings is 2. The molecule has 3 aromatic rings. The highest BCUT2D eigenvalue weighted by molar-refractivity contribution is 7.18. The van der Waals surface area contributed by atoms with Gasteiger partial charge in [-0.15, -0.1) is 11.3 Å². The van der Waals surface area contributed by atoms with Crippen molar-refractivity contribution >= 4 is 44.7 Å². The highest BCUT2D eigenvalue weighted by atomic mass is 35.5. The number of para-hydroxylation sites is 1. The van der Waals surface area contributed by atoms with Gasteiger partial charge in [-0.2, -0.15) is 0 Å². The molecule has 1 aromatic heterocycles. The van der Waals surface area contributed by atoms with Gasteiger partial charge in [0.15, 0.2) is 6.54 Å². The van der Waals surface area contributed by atoms with Crippen molar-refractivity contribution in [3.05, 3.63) is 52.5 Å². The van der Waals surface area contributed by atoms with Crippen molar-refractivity contribution in [1.29, 1.82) is 0 Å². The summed E-state index contributed by atoms with van der Waals surface area (Å²) in [5, 5.41) is 4.63. The zero-order valence-electron chi connectivity index (χ0n) is 15.7. The number of fused-ring (bicyclic) bond motifs is 1. The van der Waals surface area contributed by atoms with Gasteiger partial charge in [0.05, 0.1) is 41.4 Å². The van der Waals surface area contributed by atoms with Gasteiger partial charge in [0.25, 0.3) is 5.91 Å². The average Bonchev–Trinajstić information content (AvgIpc) is 3.12. The number of rotatable bonds is 5. The molecule has 0 bridgehead atoms. The lowest BCUT2D eigenvalue weighted by Crippen LogP contribution is -3.14. The third kappa shape index (κ3) is 4.29. The van der Waals surface area contributed by atoms with Crippen LogP contribution in [0.15, 0.2) is 42.5 Å². The number of carbonyl (C=O) groups is 1. The molecular formula is C21H23ClN3O2S+. The molecular weight excluding hydrogens is 394 g/mol. The number of carbonyl (C=O) groups excluding carboxylic acids is 1. The zero-order chi connectivity index (χ0) is 19.5. The van der Waals surface area contributed by atoms with E-state index in [4.69, 9.17) is 21.3 Å². The van der Waals surface area contributed by atoms with E-state index in [1.165, 1.54) is 14.6 Å². The number of hydrogen-bond donors (Lipinski definition) is 2. The van der Waals surface area contributed by atoms with Gasteiger partial charge in [0.1, 0.15) is 10.8 Å². The number of amides is 1. The fraction of sp³-hybridized carbons (Fsp3) is 0.333. The van der Waals surface area contributed by atoms with Crippen LogP contribution in [0.5, 0.6) is 5.75 Å². The van der Waals surface area contributed by atoms with Crippen LogP contribution in [0.25, 0.3) is 10.2 Å². The van der Waals surface area contributed by atoms with E-state index in [-0.39, 0.29) is 5.91 Å². The van der Waals surface area contributed by atoms with E-state index in [0.29, 0.717) is 28.9 Å². The molecule has 2 atom stereocenters. The summed E-state index contributed by atoms with van der Waals surface area (Å²) < 4.78 is 6.38. The lowest BCUT2D eigenvalue weighted by Gasteiger charge is -2.28. The summed E-state index contributed by atoms with van der Waals surface area (Å²) in [6.45, 7) is 2.40. The number of piperidine rings is 1. The first kappa shape index (κ1) is 19.2. The van der Waals surface area contributed by atoms with Gasteiger partial charge in [-0.1, -0.05) is 23.7 Å². The molecule has 146 valence electrons. The Hall–Kier alpha value is -2.15.